The fraction of sp³-hybridized carbons (Fsp3) is 0.600. The fourth-order valence-corrected chi connectivity index (χ4v) is 1.73. The summed E-state index contributed by atoms with van der Waals surface area (Å²) in [5, 5.41) is 14.8. The first-order valence-electron chi connectivity index (χ1n) is 5.12. The third-order valence-electron chi connectivity index (χ3n) is 2.65. The van der Waals surface area contributed by atoms with Crippen molar-refractivity contribution in [3.63, 3.8) is 0 Å². The Kier molecular flexibility index (Phi) is 3.41. The van der Waals surface area contributed by atoms with Crippen molar-refractivity contribution in [1.29, 1.82) is 0 Å². The number of carbonyl (C=O) groups is 1. The average molecular weight is 225 g/mol. The Balaban J connectivity index is 3.22. The molecular formula is C10H15N3O3. The molecule has 0 amide bonds. The van der Waals surface area contributed by atoms with Crippen LogP contribution in [0.2, 0.25) is 0 Å². The van der Waals surface area contributed by atoms with E-state index in [0.29, 0.717) is 17.8 Å². The predicted octanol–water partition coefficient (Wildman–Crippen LogP) is 1.95. The van der Waals surface area contributed by atoms with Crippen molar-refractivity contribution in [3.8, 4) is 0 Å². The van der Waals surface area contributed by atoms with Crippen LogP contribution in [0.1, 0.15) is 37.7 Å². The lowest BCUT2D eigenvalue weighted by atomic mass is 10.1. The van der Waals surface area contributed by atoms with Crippen molar-refractivity contribution >= 4 is 11.5 Å². The van der Waals surface area contributed by atoms with Crippen molar-refractivity contribution in [2.24, 2.45) is 0 Å². The molecule has 0 radical (unpaired) electrons. The van der Waals surface area contributed by atoms with Crippen LogP contribution < -0.4 is 0 Å². The van der Waals surface area contributed by atoms with Crippen molar-refractivity contribution in [2.45, 2.75) is 40.2 Å². The maximum Gasteiger partial charge on any atom is 0.312 e. The lowest BCUT2D eigenvalue weighted by Gasteiger charge is -2.10. The minimum atomic E-state index is -0.461. The second-order valence-electron chi connectivity index (χ2n) is 3.72. The quantitative estimate of drug-likeness (QED) is 0.579. The molecule has 0 saturated heterocycles. The average Bonchev–Trinajstić information content (AvgIpc) is 2.51. The van der Waals surface area contributed by atoms with E-state index in [1.807, 2.05) is 0 Å². The van der Waals surface area contributed by atoms with Crippen LogP contribution in [-0.4, -0.2) is 20.5 Å². The summed E-state index contributed by atoms with van der Waals surface area (Å²) >= 11 is 0. The Hall–Kier alpha value is -1.72. The molecular weight excluding hydrogens is 210 g/mol. The summed E-state index contributed by atoms with van der Waals surface area (Å²) in [6.45, 7) is 6.65. The molecule has 0 aromatic carbocycles. The topological polar surface area (TPSA) is 78.0 Å². The van der Waals surface area contributed by atoms with Crippen LogP contribution in [0.15, 0.2) is 0 Å². The Labute approximate surface area is 93.4 Å². The second-order valence-corrected chi connectivity index (χ2v) is 3.72. The number of hydrogen-bond acceptors (Lipinski definition) is 4. The number of carbonyl (C=O) groups excluding carboxylic acids is 1. The lowest BCUT2D eigenvalue weighted by molar-refractivity contribution is -0.386. The number of hydrogen-bond donors (Lipinski definition) is 0. The molecule has 0 aliphatic heterocycles. The Bertz CT molecular complexity index is 437. The van der Waals surface area contributed by atoms with Gasteiger partial charge in [0, 0.05) is 6.42 Å². The van der Waals surface area contributed by atoms with Gasteiger partial charge in [-0.05, 0) is 20.8 Å². The van der Waals surface area contributed by atoms with Gasteiger partial charge in [-0.25, -0.2) is 0 Å². The van der Waals surface area contributed by atoms with Crippen LogP contribution in [-0.2, 0) is 4.79 Å². The molecule has 0 fully saturated rings. The smallest absolute Gasteiger partial charge is 0.297 e. The van der Waals surface area contributed by atoms with Gasteiger partial charge in [-0.15, -0.1) is 0 Å². The lowest BCUT2D eigenvalue weighted by Crippen LogP contribution is -2.18. The molecule has 16 heavy (non-hydrogen) atoms. The monoisotopic (exact) mass is 225 g/mol. The minimum Gasteiger partial charge on any atom is -0.297 e. The molecule has 1 unspecified atom stereocenters. The summed E-state index contributed by atoms with van der Waals surface area (Å²) in [5.74, 6) is 0.0143. The van der Waals surface area contributed by atoms with Gasteiger partial charge in [0.25, 0.3) is 0 Å². The van der Waals surface area contributed by atoms with Crippen LogP contribution in [0.3, 0.4) is 0 Å². The van der Waals surface area contributed by atoms with E-state index in [9.17, 15) is 14.9 Å². The number of nitrogens with zero attached hydrogens (tertiary/aromatic N) is 3. The summed E-state index contributed by atoms with van der Waals surface area (Å²) in [6, 6.07) is -0.447. The molecule has 6 heteroatoms. The van der Waals surface area contributed by atoms with Crippen LogP contribution in [0, 0.1) is 24.0 Å². The first-order valence-corrected chi connectivity index (χ1v) is 5.12. The number of ketones is 1. The Morgan fingerprint density at radius 2 is 2.12 bits per heavy atom. The third-order valence-corrected chi connectivity index (χ3v) is 2.65. The van der Waals surface area contributed by atoms with E-state index in [1.54, 1.807) is 27.7 Å². The molecule has 6 nitrogen and oxygen atoms in total. The van der Waals surface area contributed by atoms with Crippen molar-refractivity contribution in [2.75, 3.05) is 0 Å². The molecule has 1 atom stereocenters. The molecule has 88 valence electrons. The first kappa shape index (κ1) is 12.4. The Morgan fingerprint density at radius 1 is 1.56 bits per heavy atom. The molecule has 0 bridgehead atoms. The van der Waals surface area contributed by atoms with Gasteiger partial charge in [0.1, 0.15) is 17.4 Å². The van der Waals surface area contributed by atoms with Gasteiger partial charge in [0.15, 0.2) is 5.78 Å². The van der Waals surface area contributed by atoms with E-state index in [4.69, 9.17) is 0 Å². The van der Waals surface area contributed by atoms with Gasteiger partial charge in [-0.1, -0.05) is 6.92 Å². The van der Waals surface area contributed by atoms with Gasteiger partial charge >= 0.3 is 5.69 Å². The minimum absolute atomic E-state index is 0.00393. The van der Waals surface area contributed by atoms with Gasteiger partial charge in [0.05, 0.1) is 4.92 Å². The van der Waals surface area contributed by atoms with Crippen molar-refractivity contribution < 1.29 is 9.72 Å². The molecule has 1 rings (SSSR count). The molecule has 1 heterocycles. The summed E-state index contributed by atoms with van der Waals surface area (Å²) in [4.78, 5) is 21.8. The summed E-state index contributed by atoms with van der Waals surface area (Å²) in [5.41, 5.74) is 0.769. The SMILES string of the molecule is CCC(=O)C(C)n1nc(C)c([N+](=O)[O-])c1C. The number of aromatic nitrogens is 2. The van der Waals surface area contributed by atoms with E-state index < -0.39 is 11.0 Å². The summed E-state index contributed by atoms with van der Waals surface area (Å²) in [6.07, 6.45) is 0.396. The van der Waals surface area contributed by atoms with E-state index in [0.717, 1.165) is 0 Å². The first-order chi connectivity index (χ1) is 7.40. The van der Waals surface area contributed by atoms with Crippen molar-refractivity contribution in [1.82, 2.24) is 9.78 Å². The van der Waals surface area contributed by atoms with Crippen LogP contribution in [0.4, 0.5) is 5.69 Å². The second kappa shape index (κ2) is 4.42. The van der Waals surface area contributed by atoms with Crippen LogP contribution >= 0.6 is 0 Å². The number of nitro groups is 1. The highest BCUT2D eigenvalue weighted by Crippen LogP contribution is 2.25. The molecule has 1 aromatic heterocycles. The standard InChI is InChI=1S/C10H15N3O3/c1-5-9(14)7(3)12-8(4)10(13(15)16)6(2)11-12/h7H,5H2,1-4H3. The highest BCUT2D eigenvalue weighted by atomic mass is 16.6. The number of rotatable bonds is 4. The largest absolute Gasteiger partial charge is 0.312 e. The van der Waals surface area contributed by atoms with Crippen LogP contribution in [0.5, 0.6) is 0 Å². The van der Waals surface area contributed by atoms with E-state index in [2.05, 4.69) is 5.10 Å². The van der Waals surface area contributed by atoms with Gasteiger partial charge in [0.2, 0.25) is 0 Å². The summed E-state index contributed by atoms with van der Waals surface area (Å²) < 4.78 is 1.43. The fourth-order valence-electron chi connectivity index (χ4n) is 1.73. The zero-order valence-corrected chi connectivity index (χ0v) is 9.85. The molecule has 0 aliphatic carbocycles. The highest BCUT2D eigenvalue weighted by Gasteiger charge is 2.26. The number of aryl methyl sites for hydroxylation is 1. The van der Waals surface area contributed by atoms with Gasteiger partial charge in [-0.3, -0.25) is 19.6 Å². The molecule has 0 spiro atoms. The molecule has 1 aromatic rings. The third kappa shape index (κ3) is 1.95. The normalized spacial score (nSPS) is 12.5. The summed E-state index contributed by atoms with van der Waals surface area (Å²) in [7, 11) is 0. The molecule has 0 saturated carbocycles. The van der Waals surface area contributed by atoms with E-state index in [-0.39, 0.29) is 11.5 Å². The van der Waals surface area contributed by atoms with Crippen molar-refractivity contribution in [3.05, 3.63) is 21.5 Å². The van der Waals surface area contributed by atoms with Crippen LogP contribution in [0.25, 0.3) is 0 Å². The van der Waals surface area contributed by atoms with E-state index >= 15 is 0 Å². The predicted molar refractivity (Wildman–Crippen MR) is 58.4 cm³/mol. The molecule has 0 N–H and O–H groups in total. The van der Waals surface area contributed by atoms with E-state index in [1.165, 1.54) is 4.68 Å². The number of Topliss-reactive ketones (excluding diaryl/α,β-unsaturated/α-hetero) is 1. The highest BCUT2D eigenvalue weighted by molar-refractivity contribution is 5.82. The molecule has 0 aliphatic rings. The maximum atomic E-state index is 11.5. The zero-order chi connectivity index (χ0) is 12.5. The maximum absolute atomic E-state index is 11.5. The van der Waals surface area contributed by atoms with Gasteiger partial charge < -0.3 is 0 Å². The van der Waals surface area contributed by atoms with Gasteiger partial charge in [-0.2, -0.15) is 5.10 Å². The Morgan fingerprint density at radius 3 is 2.50 bits per heavy atom. The zero-order valence-electron chi connectivity index (χ0n) is 9.85.